The lowest BCUT2D eigenvalue weighted by molar-refractivity contribution is -0.186. The topological polar surface area (TPSA) is 40.5 Å². The fourth-order valence-corrected chi connectivity index (χ4v) is 2.13. The lowest BCUT2D eigenvalue weighted by atomic mass is 9.95. The van der Waals surface area contributed by atoms with Crippen molar-refractivity contribution >= 4 is 5.97 Å². The second-order valence-electron chi connectivity index (χ2n) is 4.11. The normalized spacial score (nSPS) is 22.0. The van der Waals surface area contributed by atoms with E-state index in [-0.39, 0.29) is 25.9 Å². The molecule has 0 saturated carbocycles. The summed E-state index contributed by atoms with van der Waals surface area (Å²) in [5.74, 6) is -2.22. The van der Waals surface area contributed by atoms with Crippen LogP contribution < -0.4 is 0 Å². The van der Waals surface area contributed by atoms with Crippen LogP contribution in [0.25, 0.3) is 0 Å². The first-order valence-corrected chi connectivity index (χ1v) is 5.39. The van der Waals surface area contributed by atoms with Crippen molar-refractivity contribution in [2.45, 2.75) is 38.4 Å². The van der Waals surface area contributed by atoms with Gasteiger partial charge in [-0.2, -0.15) is 13.2 Å². The molecule has 0 bridgehead atoms. The number of aliphatic carboxylic acids is 1. The molecule has 0 aliphatic carbocycles. The Balaban J connectivity index is 2.51. The molecule has 1 N–H and O–H groups in total. The second kappa shape index (κ2) is 5.03. The minimum absolute atomic E-state index is 0.00722. The minimum atomic E-state index is -4.14. The standard InChI is InChI=1S/C10H16F3NO2/c1-2-8(9(15)16)14-5-3-7(4-6-14)10(11,12)13/h7-8H,2-6H2,1H3,(H,15,16)/t8-/m0/s1. The molecule has 1 heterocycles. The number of halogens is 3. The van der Waals surface area contributed by atoms with E-state index >= 15 is 0 Å². The number of alkyl halides is 3. The summed E-state index contributed by atoms with van der Waals surface area (Å²) >= 11 is 0. The molecule has 1 rings (SSSR count). The third-order valence-electron chi connectivity index (χ3n) is 3.10. The van der Waals surface area contributed by atoms with E-state index in [9.17, 15) is 18.0 Å². The second-order valence-corrected chi connectivity index (χ2v) is 4.11. The molecule has 1 atom stereocenters. The van der Waals surface area contributed by atoms with Crippen LogP contribution in [0.2, 0.25) is 0 Å². The summed E-state index contributed by atoms with van der Waals surface area (Å²) in [4.78, 5) is 12.5. The van der Waals surface area contributed by atoms with Gasteiger partial charge in [0.1, 0.15) is 6.04 Å². The van der Waals surface area contributed by atoms with Crippen molar-refractivity contribution in [3.8, 4) is 0 Å². The van der Waals surface area contributed by atoms with Crippen LogP contribution in [-0.4, -0.2) is 41.3 Å². The Labute approximate surface area is 92.2 Å². The molecule has 0 radical (unpaired) electrons. The number of hydrogen-bond donors (Lipinski definition) is 1. The van der Waals surface area contributed by atoms with Gasteiger partial charge in [0, 0.05) is 0 Å². The van der Waals surface area contributed by atoms with Crippen molar-refractivity contribution in [2.75, 3.05) is 13.1 Å². The highest BCUT2D eigenvalue weighted by atomic mass is 19.4. The minimum Gasteiger partial charge on any atom is -0.480 e. The molecule has 0 spiro atoms. The first kappa shape index (κ1) is 13.3. The molecule has 1 saturated heterocycles. The molecule has 94 valence electrons. The highest BCUT2D eigenvalue weighted by molar-refractivity contribution is 5.73. The van der Waals surface area contributed by atoms with Gasteiger partial charge in [-0.15, -0.1) is 0 Å². The van der Waals surface area contributed by atoms with Crippen molar-refractivity contribution in [1.29, 1.82) is 0 Å². The SMILES string of the molecule is CC[C@@H](C(=O)O)N1CCC(C(F)(F)F)CC1. The third-order valence-corrected chi connectivity index (χ3v) is 3.10. The van der Waals surface area contributed by atoms with Crippen molar-refractivity contribution in [3.05, 3.63) is 0 Å². The molecule has 0 unspecified atom stereocenters. The summed E-state index contributed by atoms with van der Waals surface area (Å²) < 4.78 is 37.1. The van der Waals surface area contributed by atoms with E-state index in [1.54, 1.807) is 11.8 Å². The number of piperidine rings is 1. The van der Waals surface area contributed by atoms with Gasteiger partial charge in [0.25, 0.3) is 0 Å². The van der Waals surface area contributed by atoms with E-state index in [2.05, 4.69) is 0 Å². The lowest BCUT2D eigenvalue weighted by Gasteiger charge is -2.35. The highest BCUT2D eigenvalue weighted by Gasteiger charge is 2.42. The highest BCUT2D eigenvalue weighted by Crippen LogP contribution is 2.34. The van der Waals surface area contributed by atoms with Gasteiger partial charge in [0.05, 0.1) is 5.92 Å². The molecule has 1 fully saturated rings. The number of likely N-dealkylation sites (tertiary alicyclic amines) is 1. The van der Waals surface area contributed by atoms with E-state index in [0.717, 1.165) is 0 Å². The average Bonchev–Trinajstić information content (AvgIpc) is 2.17. The molecule has 6 heteroatoms. The Morgan fingerprint density at radius 2 is 1.94 bits per heavy atom. The smallest absolute Gasteiger partial charge is 0.391 e. The fraction of sp³-hybridized carbons (Fsp3) is 0.900. The van der Waals surface area contributed by atoms with Crippen LogP contribution in [-0.2, 0) is 4.79 Å². The summed E-state index contributed by atoms with van der Waals surface area (Å²) in [6.45, 7) is 2.17. The molecular weight excluding hydrogens is 223 g/mol. The Bertz CT molecular complexity index is 247. The quantitative estimate of drug-likeness (QED) is 0.820. The van der Waals surface area contributed by atoms with Gasteiger partial charge in [-0.25, -0.2) is 0 Å². The zero-order chi connectivity index (χ0) is 12.3. The van der Waals surface area contributed by atoms with Crippen LogP contribution in [0.5, 0.6) is 0 Å². The molecule has 0 aromatic heterocycles. The van der Waals surface area contributed by atoms with E-state index in [4.69, 9.17) is 5.11 Å². The number of carboxylic acid groups (broad SMARTS) is 1. The summed E-state index contributed by atoms with van der Waals surface area (Å²) in [7, 11) is 0. The summed E-state index contributed by atoms with van der Waals surface area (Å²) in [6.07, 6.45) is -3.70. The molecule has 3 nitrogen and oxygen atoms in total. The van der Waals surface area contributed by atoms with E-state index < -0.39 is 24.1 Å². The van der Waals surface area contributed by atoms with Crippen molar-refractivity contribution in [2.24, 2.45) is 5.92 Å². The Kier molecular flexibility index (Phi) is 4.18. The molecule has 16 heavy (non-hydrogen) atoms. The molecule has 0 aromatic rings. The number of nitrogens with zero attached hydrogens (tertiary/aromatic N) is 1. The van der Waals surface area contributed by atoms with Gasteiger partial charge in [0.15, 0.2) is 0 Å². The molecular formula is C10H16F3NO2. The predicted molar refractivity (Wildman–Crippen MR) is 52.1 cm³/mol. The summed E-state index contributed by atoms with van der Waals surface area (Å²) in [5, 5.41) is 8.89. The van der Waals surface area contributed by atoms with Crippen LogP contribution in [0.4, 0.5) is 13.2 Å². The first-order chi connectivity index (χ1) is 7.36. The van der Waals surface area contributed by atoms with E-state index in [1.807, 2.05) is 0 Å². The number of carboxylic acids is 1. The fourth-order valence-electron chi connectivity index (χ4n) is 2.13. The Hall–Kier alpha value is -0.780. The van der Waals surface area contributed by atoms with Gasteiger partial charge < -0.3 is 5.11 Å². The van der Waals surface area contributed by atoms with Crippen LogP contribution in [0.15, 0.2) is 0 Å². The van der Waals surface area contributed by atoms with Gasteiger partial charge >= 0.3 is 12.1 Å². The van der Waals surface area contributed by atoms with Crippen molar-refractivity contribution in [3.63, 3.8) is 0 Å². The molecule has 1 aliphatic heterocycles. The molecule has 0 aromatic carbocycles. The van der Waals surface area contributed by atoms with Gasteiger partial charge in [-0.05, 0) is 32.4 Å². The van der Waals surface area contributed by atoms with Gasteiger partial charge in [-0.1, -0.05) is 6.92 Å². The molecule has 0 amide bonds. The van der Waals surface area contributed by atoms with Gasteiger partial charge in [0.2, 0.25) is 0 Å². The zero-order valence-corrected chi connectivity index (χ0v) is 9.13. The number of carbonyl (C=O) groups is 1. The van der Waals surface area contributed by atoms with Crippen LogP contribution in [0.1, 0.15) is 26.2 Å². The zero-order valence-electron chi connectivity index (χ0n) is 9.13. The maximum atomic E-state index is 12.4. The lowest BCUT2D eigenvalue weighted by Crippen LogP contribution is -2.47. The Morgan fingerprint density at radius 3 is 2.25 bits per heavy atom. The van der Waals surface area contributed by atoms with Crippen LogP contribution >= 0.6 is 0 Å². The Morgan fingerprint density at radius 1 is 1.44 bits per heavy atom. The predicted octanol–water partition coefficient (Wildman–Crippen LogP) is 2.12. The van der Waals surface area contributed by atoms with E-state index in [0.29, 0.717) is 6.42 Å². The maximum Gasteiger partial charge on any atom is 0.391 e. The van der Waals surface area contributed by atoms with E-state index in [1.165, 1.54) is 0 Å². The van der Waals surface area contributed by atoms with Crippen molar-refractivity contribution < 1.29 is 23.1 Å². The van der Waals surface area contributed by atoms with Crippen LogP contribution in [0.3, 0.4) is 0 Å². The third kappa shape index (κ3) is 3.10. The number of hydrogen-bond acceptors (Lipinski definition) is 2. The monoisotopic (exact) mass is 239 g/mol. The van der Waals surface area contributed by atoms with Crippen molar-refractivity contribution in [1.82, 2.24) is 4.90 Å². The number of rotatable bonds is 3. The van der Waals surface area contributed by atoms with Gasteiger partial charge in [-0.3, -0.25) is 9.69 Å². The molecule has 1 aliphatic rings. The van der Waals surface area contributed by atoms with Crippen LogP contribution in [0, 0.1) is 5.92 Å². The average molecular weight is 239 g/mol. The summed E-state index contributed by atoms with van der Waals surface area (Å²) in [6, 6.07) is -0.644. The summed E-state index contributed by atoms with van der Waals surface area (Å²) in [5.41, 5.74) is 0. The first-order valence-electron chi connectivity index (χ1n) is 5.39. The largest absolute Gasteiger partial charge is 0.480 e. The maximum absolute atomic E-state index is 12.4.